The summed E-state index contributed by atoms with van der Waals surface area (Å²) >= 11 is 1.35. The van der Waals surface area contributed by atoms with Gasteiger partial charge in [0.25, 0.3) is 0 Å². The van der Waals surface area contributed by atoms with E-state index in [1.165, 1.54) is 11.8 Å². The van der Waals surface area contributed by atoms with Crippen LogP contribution in [0.1, 0.15) is 27.2 Å². The first-order valence-corrected chi connectivity index (χ1v) is 6.17. The number of hydrogen-bond donors (Lipinski definition) is 2. The molecule has 0 aromatic carbocycles. The maximum Gasteiger partial charge on any atom is 0.407 e. The number of aliphatic carboxylic acids is 1. The fourth-order valence-electron chi connectivity index (χ4n) is 1.37. The highest BCUT2D eigenvalue weighted by Gasteiger charge is 2.32. The lowest BCUT2D eigenvalue weighted by Gasteiger charge is -2.21. The van der Waals surface area contributed by atoms with Crippen molar-refractivity contribution in [3.8, 4) is 0 Å². The Morgan fingerprint density at radius 3 is 2.50 bits per heavy atom. The highest BCUT2D eigenvalue weighted by Crippen LogP contribution is 2.27. The van der Waals surface area contributed by atoms with Gasteiger partial charge < -0.3 is 15.2 Å². The summed E-state index contributed by atoms with van der Waals surface area (Å²) in [4.78, 5) is 22.1. The van der Waals surface area contributed by atoms with Gasteiger partial charge in [-0.15, -0.1) is 11.8 Å². The third-order valence-corrected chi connectivity index (χ3v) is 3.38. The summed E-state index contributed by atoms with van der Waals surface area (Å²) in [5, 5.41) is 11.0. The molecule has 2 N–H and O–H groups in total. The highest BCUT2D eigenvalue weighted by atomic mass is 32.2. The summed E-state index contributed by atoms with van der Waals surface area (Å²) < 4.78 is 5.09. The molecule has 0 aliphatic carbocycles. The van der Waals surface area contributed by atoms with Crippen molar-refractivity contribution in [2.24, 2.45) is 0 Å². The molecule has 1 fully saturated rings. The lowest BCUT2D eigenvalue weighted by molar-refractivity contribution is -0.136. The topological polar surface area (TPSA) is 75.6 Å². The van der Waals surface area contributed by atoms with Gasteiger partial charge in [-0.1, -0.05) is 0 Å². The van der Waals surface area contributed by atoms with Gasteiger partial charge in [-0.2, -0.15) is 0 Å². The Hall–Kier alpha value is -0.910. The molecule has 1 aliphatic rings. The number of nitrogens with one attached hydrogen (secondary N) is 1. The monoisotopic (exact) mass is 247 g/mol. The van der Waals surface area contributed by atoms with Crippen LogP contribution in [0.2, 0.25) is 0 Å². The smallest absolute Gasteiger partial charge is 0.407 e. The van der Waals surface area contributed by atoms with E-state index in [-0.39, 0.29) is 6.04 Å². The standard InChI is InChI=1S/C10H17NO4S/c1-10(2,3)15-9(14)11-6-4-7(8(12)13)16-5-6/h6-7H,4-5H2,1-3H3,(H,11,14)(H,12,13)/t6-,7-/m0/s1. The van der Waals surface area contributed by atoms with Crippen LogP contribution in [0.15, 0.2) is 0 Å². The van der Waals surface area contributed by atoms with Gasteiger partial charge in [0.15, 0.2) is 0 Å². The predicted molar refractivity (Wildman–Crippen MR) is 61.7 cm³/mol. The molecular formula is C10H17NO4S. The van der Waals surface area contributed by atoms with E-state index in [0.29, 0.717) is 12.2 Å². The molecule has 6 heteroatoms. The van der Waals surface area contributed by atoms with E-state index in [4.69, 9.17) is 9.84 Å². The first-order valence-electron chi connectivity index (χ1n) is 5.12. The van der Waals surface area contributed by atoms with Crippen LogP contribution in [0.25, 0.3) is 0 Å². The molecule has 92 valence electrons. The fraction of sp³-hybridized carbons (Fsp3) is 0.800. The molecule has 1 saturated heterocycles. The Kier molecular flexibility index (Phi) is 4.07. The van der Waals surface area contributed by atoms with Gasteiger partial charge in [0.1, 0.15) is 10.9 Å². The number of rotatable bonds is 2. The maximum atomic E-state index is 11.4. The Morgan fingerprint density at radius 1 is 1.44 bits per heavy atom. The molecule has 1 aliphatic heterocycles. The summed E-state index contributed by atoms with van der Waals surface area (Å²) in [6, 6.07) is -0.110. The lowest BCUT2D eigenvalue weighted by Crippen LogP contribution is -2.39. The largest absolute Gasteiger partial charge is 0.480 e. The van der Waals surface area contributed by atoms with E-state index in [9.17, 15) is 9.59 Å². The van der Waals surface area contributed by atoms with E-state index in [1.54, 1.807) is 20.8 Å². The minimum atomic E-state index is -0.821. The van der Waals surface area contributed by atoms with E-state index in [2.05, 4.69) is 5.32 Å². The van der Waals surface area contributed by atoms with Crippen molar-refractivity contribution in [2.75, 3.05) is 5.75 Å². The van der Waals surface area contributed by atoms with Crippen LogP contribution in [0.4, 0.5) is 4.79 Å². The molecule has 0 unspecified atom stereocenters. The van der Waals surface area contributed by atoms with Crippen molar-refractivity contribution in [1.82, 2.24) is 5.32 Å². The van der Waals surface area contributed by atoms with Crippen LogP contribution in [0.5, 0.6) is 0 Å². The molecule has 0 aromatic heterocycles. The van der Waals surface area contributed by atoms with Crippen LogP contribution >= 0.6 is 11.8 Å². The number of carbonyl (C=O) groups excluding carboxylic acids is 1. The second-order valence-electron chi connectivity index (χ2n) is 4.74. The van der Waals surface area contributed by atoms with Crippen molar-refractivity contribution < 1.29 is 19.4 Å². The fourth-order valence-corrected chi connectivity index (χ4v) is 2.57. The Balaban J connectivity index is 2.34. The minimum absolute atomic E-state index is 0.110. The molecule has 0 bridgehead atoms. The normalized spacial score (nSPS) is 25.2. The van der Waals surface area contributed by atoms with Gasteiger partial charge in [0, 0.05) is 11.8 Å². The van der Waals surface area contributed by atoms with Gasteiger partial charge in [-0.3, -0.25) is 4.79 Å². The second kappa shape index (κ2) is 4.95. The molecule has 1 rings (SSSR count). The van der Waals surface area contributed by atoms with Crippen LogP contribution in [0.3, 0.4) is 0 Å². The third-order valence-electron chi connectivity index (χ3n) is 1.99. The molecule has 2 atom stereocenters. The van der Waals surface area contributed by atoms with E-state index >= 15 is 0 Å². The molecule has 16 heavy (non-hydrogen) atoms. The number of alkyl carbamates (subject to hydrolysis) is 1. The second-order valence-corrected chi connectivity index (χ2v) is 5.97. The molecule has 1 amide bonds. The minimum Gasteiger partial charge on any atom is -0.480 e. The number of ether oxygens (including phenoxy) is 1. The van der Waals surface area contributed by atoms with E-state index in [1.807, 2.05) is 0 Å². The summed E-state index contributed by atoms with van der Waals surface area (Å²) in [7, 11) is 0. The molecular weight excluding hydrogens is 230 g/mol. The number of thioether (sulfide) groups is 1. The zero-order valence-electron chi connectivity index (χ0n) is 9.65. The molecule has 5 nitrogen and oxygen atoms in total. The lowest BCUT2D eigenvalue weighted by atomic mass is 10.2. The molecule has 0 aromatic rings. The summed E-state index contributed by atoms with van der Waals surface area (Å²) in [5.74, 6) is -0.200. The number of carboxylic acids is 1. The van der Waals surface area contributed by atoms with Crippen LogP contribution in [-0.4, -0.2) is 39.8 Å². The Labute approximate surface area is 98.9 Å². The Morgan fingerprint density at radius 2 is 2.06 bits per heavy atom. The number of amides is 1. The van der Waals surface area contributed by atoms with Crippen molar-refractivity contribution in [3.63, 3.8) is 0 Å². The van der Waals surface area contributed by atoms with Gasteiger partial charge >= 0.3 is 12.1 Å². The van der Waals surface area contributed by atoms with Gasteiger partial charge in [-0.25, -0.2) is 4.79 Å². The number of carboxylic acid groups (broad SMARTS) is 1. The Bertz CT molecular complexity index is 287. The van der Waals surface area contributed by atoms with Gasteiger partial charge in [0.2, 0.25) is 0 Å². The third kappa shape index (κ3) is 4.30. The van der Waals surface area contributed by atoms with Gasteiger partial charge in [-0.05, 0) is 27.2 Å². The van der Waals surface area contributed by atoms with E-state index in [0.717, 1.165) is 0 Å². The van der Waals surface area contributed by atoms with Crippen LogP contribution in [0, 0.1) is 0 Å². The summed E-state index contributed by atoms with van der Waals surface area (Å²) in [6.45, 7) is 5.36. The van der Waals surface area contributed by atoms with E-state index < -0.39 is 22.9 Å². The molecule has 0 saturated carbocycles. The number of carbonyl (C=O) groups is 2. The molecule has 0 spiro atoms. The average Bonchev–Trinajstić information content (AvgIpc) is 2.48. The van der Waals surface area contributed by atoms with Crippen LogP contribution < -0.4 is 5.32 Å². The van der Waals surface area contributed by atoms with Gasteiger partial charge in [0.05, 0.1) is 0 Å². The van der Waals surface area contributed by atoms with Crippen molar-refractivity contribution in [3.05, 3.63) is 0 Å². The average molecular weight is 247 g/mol. The zero-order valence-corrected chi connectivity index (χ0v) is 10.5. The summed E-state index contributed by atoms with van der Waals surface area (Å²) in [5.41, 5.74) is -0.526. The first-order chi connectivity index (χ1) is 7.28. The zero-order chi connectivity index (χ0) is 12.3. The first kappa shape index (κ1) is 13.2. The maximum absolute atomic E-state index is 11.4. The predicted octanol–water partition coefficient (Wildman–Crippen LogP) is 1.47. The highest BCUT2D eigenvalue weighted by molar-refractivity contribution is 8.00. The molecule has 0 radical (unpaired) electrons. The van der Waals surface area contributed by atoms with Crippen molar-refractivity contribution in [2.45, 2.75) is 44.1 Å². The number of hydrogen-bond acceptors (Lipinski definition) is 4. The van der Waals surface area contributed by atoms with Crippen molar-refractivity contribution >= 4 is 23.8 Å². The summed E-state index contributed by atoms with van der Waals surface area (Å²) in [6.07, 6.45) is -0.0247. The van der Waals surface area contributed by atoms with Crippen LogP contribution in [-0.2, 0) is 9.53 Å². The quantitative estimate of drug-likeness (QED) is 0.772. The SMILES string of the molecule is CC(C)(C)OC(=O)N[C@@H]1CS[C@H](C(=O)O)C1. The molecule has 1 heterocycles. The van der Waals surface area contributed by atoms with Crippen molar-refractivity contribution in [1.29, 1.82) is 0 Å².